The molecule has 0 heterocycles. The predicted molar refractivity (Wildman–Crippen MR) is 76.4 cm³/mol. The van der Waals surface area contributed by atoms with Crippen molar-refractivity contribution in [3.05, 3.63) is 46.0 Å². The van der Waals surface area contributed by atoms with E-state index in [9.17, 15) is 19.7 Å². The fraction of sp³-hybridized carbons (Fsp3) is 0.286. The van der Waals surface area contributed by atoms with Crippen molar-refractivity contribution in [3.8, 4) is 0 Å². The molecule has 0 bridgehead atoms. The Morgan fingerprint density at radius 1 is 1.38 bits per heavy atom. The van der Waals surface area contributed by atoms with Gasteiger partial charge in [0, 0.05) is 32.3 Å². The van der Waals surface area contributed by atoms with Gasteiger partial charge in [-0.05, 0) is 18.6 Å². The van der Waals surface area contributed by atoms with Crippen molar-refractivity contribution in [2.75, 3.05) is 14.1 Å². The average molecular weight is 292 g/mol. The number of carbonyl (C=O) groups excluding carboxylic acids is 2. The summed E-state index contributed by atoms with van der Waals surface area (Å²) in [6.45, 7) is 1.47. The van der Waals surface area contributed by atoms with Crippen LogP contribution < -0.4 is 0 Å². The number of likely N-dealkylation sites (N-methyl/N-ethyl adjacent to an activating group) is 1. The third kappa shape index (κ3) is 5.06. The maximum Gasteiger partial charge on any atom is 0.331 e. The average Bonchev–Trinajstić information content (AvgIpc) is 2.44. The van der Waals surface area contributed by atoms with E-state index in [-0.39, 0.29) is 11.6 Å². The number of hydrogen-bond donors (Lipinski definition) is 0. The Labute approximate surface area is 122 Å². The fourth-order valence-electron chi connectivity index (χ4n) is 1.53. The number of non-ortho nitro benzene ring substituents is 1. The summed E-state index contributed by atoms with van der Waals surface area (Å²) in [5.74, 6) is -1.02. The van der Waals surface area contributed by atoms with Crippen molar-refractivity contribution in [1.29, 1.82) is 0 Å². The van der Waals surface area contributed by atoms with E-state index in [0.717, 1.165) is 6.08 Å². The Hall–Kier alpha value is -2.70. The second-order valence-corrected chi connectivity index (χ2v) is 4.50. The van der Waals surface area contributed by atoms with Crippen LogP contribution in [0.1, 0.15) is 12.5 Å². The van der Waals surface area contributed by atoms with E-state index >= 15 is 0 Å². The zero-order valence-corrected chi connectivity index (χ0v) is 12.0. The minimum Gasteiger partial charge on any atom is -0.449 e. The van der Waals surface area contributed by atoms with Crippen LogP contribution in [0.15, 0.2) is 30.3 Å². The summed E-state index contributed by atoms with van der Waals surface area (Å²) in [6, 6.07) is 5.82. The number of ether oxygens (including phenoxy) is 1. The molecule has 1 aromatic rings. The van der Waals surface area contributed by atoms with Gasteiger partial charge in [0.05, 0.1) is 4.92 Å². The predicted octanol–water partition coefficient (Wildman–Crippen LogP) is 1.63. The molecule has 7 heteroatoms. The van der Waals surface area contributed by atoms with E-state index in [1.165, 1.54) is 36.1 Å². The smallest absolute Gasteiger partial charge is 0.331 e. The molecule has 0 aliphatic heterocycles. The van der Waals surface area contributed by atoms with Gasteiger partial charge in [-0.25, -0.2) is 4.79 Å². The Bertz CT molecular complexity index is 580. The summed E-state index contributed by atoms with van der Waals surface area (Å²) in [4.78, 5) is 34.5. The van der Waals surface area contributed by atoms with E-state index in [4.69, 9.17) is 4.74 Å². The molecule has 0 aliphatic carbocycles. The van der Waals surface area contributed by atoms with Crippen molar-refractivity contribution in [2.45, 2.75) is 13.0 Å². The van der Waals surface area contributed by atoms with Crippen LogP contribution in [-0.4, -0.2) is 41.9 Å². The molecule has 7 nitrogen and oxygen atoms in total. The number of nitro groups is 1. The normalized spacial score (nSPS) is 12.0. The molecule has 0 radical (unpaired) electrons. The minimum absolute atomic E-state index is 0.0679. The zero-order valence-electron chi connectivity index (χ0n) is 12.0. The first-order valence-corrected chi connectivity index (χ1v) is 6.15. The molecule has 1 amide bonds. The quantitative estimate of drug-likeness (QED) is 0.356. The molecule has 0 saturated heterocycles. The van der Waals surface area contributed by atoms with Crippen LogP contribution in [0.5, 0.6) is 0 Å². The van der Waals surface area contributed by atoms with E-state index in [1.807, 2.05) is 0 Å². The lowest BCUT2D eigenvalue weighted by atomic mass is 10.2. The van der Waals surface area contributed by atoms with Crippen LogP contribution in [0.3, 0.4) is 0 Å². The van der Waals surface area contributed by atoms with Gasteiger partial charge in [0.1, 0.15) is 0 Å². The van der Waals surface area contributed by atoms with Crippen LogP contribution in [0.25, 0.3) is 6.08 Å². The molecule has 0 saturated carbocycles. The Balaban J connectivity index is 2.68. The van der Waals surface area contributed by atoms with Gasteiger partial charge in [-0.15, -0.1) is 0 Å². The summed E-state index contributed by atoms with van der Waals surface area (Å²) in [6.07, 6.45) is 1.63. The fourth-order valence-corrected chi connectivity index (χ4v) is 1.53. The van der Waals surface area contributed by atoms with Gasteiger partial charge in [-0.2, -0.15) is 0 Å². The minimum atomic E-state index is -0.887. The number of nitrogens with zero attached hydrogens (tertiary/aromatic N) is 2. The first-order valence-electron chi connectivity index (χ1n) is 6.15. The monoisotopic (exact) mass is 292 g/mol. The topological polar surface area (TPSA) is 89.7 Å². The number of esters is 1. The molecule has 112 valence electrons. The van der Waals surface area contributed by atoms with Gasteiger partial charge < -0.3 is 9.64 Å². The van der Waals surface area contributed by atoms with Crippen molar-refractivity contribution in [1.82, 2.24) is 4.90 Å². The lowest BCUT2D eigenvalue weighted by Gasteiger charge is -2.16. The molecule has 21 heavy (non-hydrogen) atoms. The molecular formula is C14H16N2O5. The molecule has 0 aromatic heterocycles. The van der Waals surface area contributed by atoms with Crippen LogP contribution in [0, 0.1) is 10.1 Å². The highest BCUT2D eigenvalue weighted by atomic mass is 16.6. The van der Waals surface area contributed by atoms with Gasteiger partial charge in [-0.1, -0.05) is 12.1 Å². The second-order valence-electron chi connectivity index (χ2n) is 4.50. The van der Waals surface area contributed by atoms with Crippen molar-refractivity contribution in [3.63, 3.8) is 0 Å². The number of hydrogen-bond acceptors (Lipinski definition) is 5. The molecule has 1 aromatic carbocycles. The zero-order chi connectivity index (χ0) is 16.0. The van der Waals surface area contributed by atoms with Gasteiger partial charge in [-0.3, -0.25) is 14.9 Å². The summed E-state index contributed by atoms with van der Waals surface area (Å²) in [5, 5.41) is 10.6. The summed E-state index contributed by atoms with van der Waals surface area (Å²) < 4.78 is 4.92. The van der Waals surface area contributed by atoms with E-state index in [2.05, 4.69) is 0 Å². The number of rotatable bonds is 5. The molecule has 1 atom stereocenters. The van der Waals surface area contributed by atoms with Crippen molar-refractivity contribution < 1.29 is 19.2 Å². The molecule has 0 aliphatic rings. The highest BCUT2D eigenvalue weighted by Gasteiger charge is 2.17. The molecule has 0 spiro atoms. The SMILES string of the molecule is C[C@@H](OC(=O)/C=C/c1cccc([N+](=O)[O-])c1)C(=O)N(C)C. The standard InChI is InChI=1S/C14H16N2O5/c1-10(14(18)15(2)3)21-13(17)8-7-11-5-4-6-12(9-11)16(19)20/h4-10H,1-3H3/b8-7+/t10-/m1/s1. The second kappa shape index (κ2) is 7.18. The van der Waals surface area contributed by atoms with Crippen LogP contribution >= 0.6 is 0 Å². The summed E-state index contributed by atoms with van der Waals surface area (Å²) >= 11 is 0. The number of benzene rings is 1. The largest absolute Gasteiger partial charge is 0.449 e. The lowest BCUT2D eigenvalue weighted by molar-refractivity contribution is -0.384. The molecule has 0 N–H and O–H groups in total. The molecule has 0 unspecified atom stereocenters. The van der Waals surface area contributed by atoms with Gasteiger partial charge in [0.25, 0.3) is 11.6 Å². The summed E-state index contributed by atoms with van der Waals surface area (Å²) in [7, 11) is 3.12. The van der Waals surface area contributed by atoms with Crippen molar-refractivity contribution >= 4 is 23.6 Å². The number of nitro benzene ring substituents is 1. The van der Waals surface area contributed by atoms with E-state index in [1.54, 1.807) is 20.2 Å². The van der Waals surface area contributed by atoms with E-state index in [0.29, 0.717) is 5.56 Å². The Kier molecular flexibility index (Phi) is 5.59. The van der Waals surface area contributed by atoms with Crippen LogP contribution in [0.2, 0.25) is 0 Å². The number of carbonyl (C=O) groups is 2. The van der Waals surface area contributed by atoms with Crippen LogP contribution in [0.4, 0.5) is 5.69 Å². The van der Waals surface area contributed by atoms with Crippen LogP contribution in [-0.2, 0) is 14.3 Å². The van der Waals surface area contributed by atoms with Gasteiger partial charge in [0.2, 0.25) is 0 Å². The maximum atomic E-state index is 11.6. The molecule has 1 rings (SSSR count). The highest BCUT2D eigenvalue weighted by molar-refractivity contribution is 5.90. The molecular weight excluding hydrogens is 276 g/mol. The lowest BCUT2D eigenvalue weighted by Crippen LogP contribution is -2.34. The van der Waals surface area contributed by atoms with Crippen molar-refractivity contribution in [2.24, 2.45) is 0 Å². The van der Waals surface area contributed by atoms with E-state index < -0.39 is 17.0 Å². The maximum absolute atomic E-state index is 11.6. The third-order valence-corrected chi connectivity index (χ3v) is 2.57. The van der Waals surface area contributed by atoms with Gasteiger partial charge >= 0.3 is 5.97 Å². The highest BCUT2D eigenvalue weighted by Crippen LogP contribution is 2.14. The first kappa shape index (κ1) is 16.4. The summed E-state index contributed by atoms with van der Waals surface area (Å²) in [5.41, 5.74) is 0.425. The van der Waals surface area contributed by atoms with Gasteiger partial charge in [0.15, 0.2) is 6.10 Å². The Morgan fingerprint density at radius 3 is 2.62 bits per heavy atom. The molecule has 0 fully saturated rings. The first-order chi connectivity index (χ1) is 9.81. The third-order valence-electron chi connectivity index (χ3n) is 2.57. The Morgan fingerprint density at radius 2 is 2.05 bits per heavy atom. The number of amides is 1.